The molecular weight excluding hydrogens is 323 g/mol. The highest BCUT2D eigenvalue weighted by Crippen LogP contribution is 2.20. The molecule has 0 aromatic heterocycles. The summed E-state index contributed by atoms with van der Waals surface area (Å²) < 4.78 is 13.4. The number of nitrogen functional groups attached to an aromatic ring is 1. The van der Waals surface area contributed by atoms with Gasteiger partial charge in [-0.05, 0) is 57.9 Å². The van der Waals surface area contributed by atoms with E-state index in [4.69, 9.17) is 5.73 Å². The summed E-state index contributed by atoms with van der Waals surface area (Å²) in [6, 6.07) is 11.4. The molecule has 2 aromatic rings. The summed E-state index contributed by atoms with van der Waals surface area (Å²) in [6.07, 6.45) is 3.08. The lowest BCUT2D eigenvalue weighted by Crippen LogP contribution is -2.07. The second-order valence-electron chi connectivity index (χ2n) is 4.12. The number of anilines is 2. The van der Waals surface area contributed by atoms with Gasteiger partial charge in [0.1, 0.15) is 5.82 Å². The first-order valence-corrected chi connectivity index (χ1v) is 6.63. The van der Waals surface area contributed by atoms with E-state index in [-0.39, 0.29) is 11.7 Å². The van der Waals surface area contributed by atoms with E-state index in [1.165, 1.54) is 24.3 Å². The molecule has 0 aliphatic heterocycles. The number of nitrogens with two attached hydrogens (primary N) is 1. The highest BCUT2D eigenvalue weighted by atomic mass is 79.9. The fraction of sp³-hybridized carbons (Fsp3) is 0. The van der Waals surface area contributed by atoms with Crippen molar-refractivity contribution in [1.29, 1.82) is 0 Å². The third kappa shape index (κ3) is 3.93. The lowest BCUT2D eigenvalue weighted by atomic mass is 10.2. The number of hydrogen-bond donors (Lipinski definition) is 2. The number of nitrogens with one attached hydrogen (secondary N) is 1. The Morgan fingerprint density at radius 1 is 1.20 bits per heavy atom. The van der Waals surface area contributed by atoms with Crippen LogP contribution in [0.2, 0.25) is 0 Å². The van der Waals surface area contributed by atoms with E-state index in [9.17, 15) is 9.18 Å². The zero-order valence-electron chi connectivity index (χ0n) is 10.4. The number of benzene rings is 2. The van der Waals surface area contributed by atoms with Crippen LogP contribution in [0.4, 0.5) is 15.8 Å². The van der Waals surface area contributed by atoms with Gasteiger partial charge in [0.25, 0.3) is 0 Å². The van der Waals surface area contributed by atoms with Crippen LogP contribution in [0, 0.1) is 5.82 Å². The summed E-state index contributed by atoms with van der Waals surface area (Å²) in [5.74, 6) is -0.666. The Kier molecular flexibility index (Phi) is 4.53. The molecule has 3 nitrogen and oxygen atoms in total. The third-order valence-corrected chi connectivity index (χ3v) is 3.16. The summed E-state index contributed by atoms with van der Waals surface area (Å²) in [5.41, 5.74) is 7.63. The topological polar surface area (TPSA) is 55.1 Å². The van der Waals surface area contributed by atoms with Gasteiger partial charge in [-0.15, -0.1) is 0 Å². The second kappa shape index (κ2) is 6.34. The summed E-state index contributed by atoms with van der Waals surface area (Å²) in [6.45, 7) is 0. The molecule has 20 heavy (non-hydrogen) atoms. The van der Waals surface area contributed by atoms with Crippen molar-refractivity contribution in [3.63, 3.8) is 0 Å². The average molecular weight is 335 g/mol. The lowest BCUT2D eigenvalue weighted by molar-refractivity contribution is -0.111. The number of amides is 1. The smallest absolute Gasteiger partial charge is 0.248 e. The van der Waals surface area contributed by atoms with Crippen molar-refractivity contribution >= 4 is 39.3 Å². The minimum absolute atomic E-state index is 0.291. The first-order valence-electron chi connectivity index (χ1n) is 5.84. The van der Waals surface area contributed by atoms with Crippen LogP contribution in [0.25, 0.3) is 6.08 Å². The maximum absolute atomic E-state index is 13.1. The fourth-order valence-electron chi connectivity index (χ4n) is 1.54. The van der Waals surface area contributed by atoms with Gasteiger partial charge in [0.15, 0.2) is 0 Å². The molecule has 2 aromatic carbocycles. The summed E-state index contributed by atoms with van der Waals surface area (Å²) in [5, 5.41) is 2.64. The first kappa shape index (κ1) is 14.3. The van der Waals surface area contributed by atoms with Crippen molar-refractivity contribution in [2.45, 2.75) is 0 Å². The lowest BCUT2D eigenvalue weighted by Gasteiger charge is -2.03. The van der Waals surface area contributed by atoms with Crippen molar-refractivity contribution < 1.29 is 9.18 Å². The van der Waals surface area contributed by atoms with Crippen LogP contribution >= 0.6 is 15.9 Å². The van der Waals surface area contributed by atoms with Gasteiger partial charge in [0.2, 0.25) is 5.91 Å². The maximum Gasteiger partial charge on any atom is 0.248 e. The summed E-state index contributed by atoms with van der Waals surface area (Å²) in [4.78, 5) is 11.7. The Morgan fingerprint density at radius 2 is 1.90 bits per heavy atom. The number of rotatable bonds is 3. The highest BCUT2D eigenvalue weighted by Gasteiger charge is 2.02. The second-order valence-corrected chi connectivity index (χ2v) is 4.97. The monoisotopic (exact) mass is 334 g/mol. The quantitative estimate of drug-likeness (QED) is 0.662. The van der Waals surface area contributed by atoms with Crippen molar-refractivity contribution in [2.24, 2.45) is 0 Å². The number of carbonyl (C=O) groups is 1. The van der Waals surface area contributed by atoms with E-state index >= 15 is 0 Å². The van der Waals surface area contributed by atoms with Gasteiger partial charge in [-0.2, -0.15) is 0 Å². The molecule has 2 rings (SSSR count). The van der Waals surface area contributed by atoms with Gasteiger partial charge < -0.3 is 11.1 Å². The molecule has 0 heterocycles. The molecule has 0 unspecified atom stereocenters. The molecule has 0 fully saturated rings. The minimum Gasteiger partial charge on any atom is -0.399 e. The van der Waals surface area contributed by atoms with E-state index < -0.39 is 0 Å². The van der Waals surface area contributed by atoms with E-state index in [0.29, 0.717) is 15.8 Å². The van der Waals surface area contributed by atoms with Gasteiger partial charge in [-0.25, -0.2) is 4.39 Å². The Morgan fingerprint density at radius 3 is 2.55 bits per heavy atom. The van der Waals surface area contributed by atoms with Gasteiger partial charge in [-0.1, -0.05) is 12.1 Å². The Balaban J connectivity index is 2.01. The molecule has 102 valence electrons. The molecule has 3 N–H and O–H groups in total. The summed E-state index contributed by atoms with van der Waals surface area (Å²) >= 11 is 3.06. The molecule has 0 atom stereocenters. The van der Waals surface area contributed by atoms with Crippen LogP contribution in [0.3, 0.4) is 0 Å². The number of halogens is 2. The zero-order valence-corrected chi connectivity index (χ0v) is 12.0. The zero-order chi connectivity index (χ0) is 14.5. The number of carbonyl (C=O) groups excluding carboxylic acids is 1. The normalized spacial score (nSPS) is 10.7. The molecule has 0 aliphatic carbocycles. The first-order chi connectivity index (χ1) is 9.54. The minimum atomic E-state index is -0.375. The maximum atomic E-state index is 13.1. The van der Waals surface area contributed by atoms with Gasteiger partial charge >= 0.3 is 0 Å². The van der Waals surface area contributed by atoms with Crippen molar-refractivity contribution in [1.82, 2.24) is 0 Å². The highest BCUT2D eigenvalue weighted by molar-refractivity contribution is 9.10. The predicted molar refractivity (Wildman–Crippen MR) is 82.6 cm³/mol. The third-order valence-electron chi connectivity index (χ3n) is 2.55. The van der Waals surface area contributed by atoms with Crippen LogP contribution in [-0.2, 0) is 4.79 Å². The molecule has 0 spiro atoms. The Labute approximate surface area is 124 Å². The van der Waals surface area contributed by atoms with Gasteiger partial charge in [0.05, 0.1) is 4.47 Å². The predicted octanol–water partition coefficient (Wildman–Crippen LogP) is 3.82. The van der Waals surface area contributed by atoms with E-state index in [1.807, 2.05) is 12.1 Å². The van der Waals surface area contributed by atoms with E-state index in [0.717, 1.165) is 5.56 Å². The van der Waals surface area contributed by atoms with E-state index in [2.05, 4.69) is 21.2 Å². The van der Waals surface area contributed by atoms with Crippen molar-refractivity contribution in [3.8, 4) is 0 Å². The van der Waals surface area contributed by atoms with Crippen LogP contribution in [0.5, 0.6) is 0 Å². The SMILES string of the molecule is Nc1ccc(/C=C/C(=O)Nc2ccc(F)c(Br)c2)cc1. The standard InChI is InChI=1S/C15H12BrFN2O/c16-13-9-12(6-7-14(13)17)19-15(20)8-3-10-1-4-11(18)5-2-10/h1-9H,18H2,(H,19,20)/b8-3+. The Bertz CT molecular complexity index is 653. The molecule has 0 aliphatic rings. The molecule has 5 heteroatoms. The largest absolute Gasteiger partial charge is 0.399 e. The number of hydrogen-bond acceptors (Lipinski definition) is 2. The summed E-state index contributed by atoms with van der Waals surface area (Å²) in [7, 11) is 0. The van der Waals surface area contributed by atoms with E-state index in [1.54, 1.807) is 18.2 Å². The van der Waals surface area contributed by atoms with Gasteiger partial charge in [-0.3, -0.25) is 4.79 Å². The van der Waals surface area contributed by atoms with Crippen LogP contribution in [0.1, 0.15) is 5.56 Å². The molecular formula is C15H12BrFN2O. The molecule has 1 amide bonds. The average Bonchev–Trinajstić information content (AvgIpc) is 2.42. The molecule has 0 radical (unpaired) electrons. The molecule has 0 bridgehead atoms. The fourth-order valence-corrected chi connectivity index (χ4v) is 1.92. The van der Waals surface area contributed by atoms with Crippen LogP contribution in [0.15, 0.2) is 53.0 Å². The molecule has 0 saturated carbocycles. The Hall–Kier alpha value is -2.14. The van der Waals surface area contributed by atoms with Crippen molar-refractivity contribution in [3.05, 3.63) is 64.4 Å². The van der Waals surface area contributed by atoms with Crippen molar-refractivity contribution in [2.75, 3.05) is 11.1 Å². The van der Waals surface area contributed by atoms with Gasteiger partial charge in [0, 0.05) is 17.5 Å². The van der Waals surface area contributed by atoms with Crippen LogP contribution < -0.4 is 11.1 Å². The molecule has 0 saturated heterocycles. The van der Waals surface area contributed by atoms with Crippen LogP contribution in [-0.4, -0.2) is 5.91 Å².